The van der Waals surface area contributed by atoms with E-state index in [1.54, 1.807) is 19.3 Å². The summed E-state index contributed by atoms with van der Waals surface area (Å²) in [5.74, 6) is 1.60. The Morgan fingerprint density at radius 1 is 1.15 bits per heavy atom. The number of aromatic hydroxyl groups is 1. The number of aromatic nitrogens is 1. The van der Waals surface area contributed by atoms with E-state index in [-0.39, 0.29) is 11.8 Å². The first-order valence-corrected chi connectivity index (χ1v) is 14.2. The van der Waals surface area contributed by atoms with E-state index in [1.165, 1.54) is 32.8 Å². The number of carbonyl (C=O) groups is 1. The monoisotopic (exact) mass is 544 g/mol. The fourth-order valence-corrected chi connectivity index (χ4v) is 6.16. The summed E-state index contributed by atoms with van der Waals surface area (Å²) in [6.07, 6.45) is 9.72. The minimum absolute atomic E-state index is 0.110. The number of pyridine rings is 1. The lowest BCUT2D eigenvalue weighted by atomic mass is 9.82. The summed E-state index contributed by atoms with van der Waals surface area (Å²) in [6, 6.07) is 9.22. The van der Waals surface area contributed by atoms with Gasteiger partial charge in [0.1, 0.15) is 28.4 Å². The minimum Gasteiger partial charge on any atom is -0.507 e. The van der Waals surface area contributed by atoms with Gasteiger partial charge in [0.05, 0.1) is 33.0 Å². The maximum atomic E-state index is 13.1. The van der Waals surface area contributed by atoms with Crippen LogP contribution in [-0.4, -0.2) is 61.0 Å². The quantitative estimate of drug-likeness (QED) is 0.198. The lowest BCUT2D eigenvalue weighted by Gasteiger charge is -2.36. The van der Waals surface area contributed by atoms with Gasteiger partial charge in [0, 0.05) is 47.2 Å². The highest BCUT2D eigenvalue weighted by atomic mass is 16.5. The number of aryl methyl sites for hydroxylation is 1. The summed E-state index contributed by atoms with van der Waals surface area (Å²) in [5.41, 5.74) is 2.42. The Hall–Kier alpha value is -3.62. The molecule has 1 aliphatic heterocycles. The number of benzene rings is 2. The molecule has 1 N–H and O–H groups in total. The van der Waals surface area contributed by atoms with E-state index in [9.17, 15) is 9.90 Å². The number of fused-ring (bicyclic) bond motifs is 3. The molecule has 2 aliphatic rings. The number of esters is 1. The summed E-state index contributed by atoms with van der Waals surface area (Å²) in [6.45, 7) is 4.90. The summed E-state index contributed by atoms with van der Waals surface area (Å²) in [5, 5.41) is 13.9. The Morgan fingerprint density at radius 3 is 2.62 bits per heavy atom. The van der Waals surface area contributed by atoms with Crippen LogP contribution in [0.1, 0.15) is 65.4 Å². The summed E-state index contributed by atoms with van der Waals surface area (Å²) < 4.78 is 23.3. The molecular weight excluding hydrogens is 508 g/mol. The fraction of sp³-hybridized carbons (Fsp3) is 0.438. The van der Waals surface area contributed by atoms with Gasteiger partial charge in [0.15, 0.2) is 0 Å². The van der Waals surface area contributed by atoms with Crippen molar-refractivity contribution in [3.63, 3.8) is 0 Å². The fourth-order valence-electron chi connectivity index (χ4n) is 6.16. The van der Waals surface area contributed by atoms with Crippen molar-refractivity contribution in [1.29, 1.82) is 0 Å². The topological polar surface area (TPSA) is 94.3 Å². The zero-order chi connectivity index (χ0) is 27.6. The van der Waals surface area contributed by atoms with Crippen LogP contribution < -0.4 is 4.74 Å². The Bertz CT molecular complexity index is 1500. The number of nitrogens with zero attached hydrogens (tertiary/aromatic N) is 2. The van der Waals surface area contributed by atoms with Gasteiger partial charge in [-0.2, -0.15) is 0 Å². The number of rotatable bonds is 9. The van der Waals surface area contributed by atoms with Crippen molar-refractivity contribution in [1.82, 2.24) is 9.88 Å². The second-order valence-electron chi connectivity index (χ2n) is 10.8. The van der Waals surface area contributed by atoms with E-state index < -0.39 is 5.97 Å². The van der Waals surface area contributed by atoms with E-state index in [2.05, 4.69) is 9.88 Å². The van der Waals surface area contributed by atoms with Crippen molar-refractivity contribution in [3.8, 4) is 11.5 Å². The number of morpholine rings is 1. The van der Waals surface area contributed by atoms with Crippen LogP contribution >= 0.6 is 0 Å². The molecule has 4 aromatic rings. The molecule has 8 heteroatoms. The van der Waals surface area contributed by atoms with Gasteiger partial charge < -0.3 is 23.7 Å². The van der Waals surface area contributed by atoms with E-state index >= 15 is 0 Å². The van der Waals surface area contributed by atoms with Crippen molar-refractivity contribution in [2.45, 2.75) is 45.1 Å². The van der Waals surface area contributed by atoms with Crippen LogP contribution in [0, 0.1) is 12.8 Å². The smallest absolute Gasteiger partial charge is 0.342 e. The van der Waals surface area contributed by atoms with Crippen LogP contribution in [-0.2, 0) is 9.47 Å². The molecule has 210 valence electrons. The Morgan fingerprint density at radius 2 is 1.93 bits per heavy atom. The van der Waals surface area contributed by atoms with Gasteiger partial charge in [-0.3, -0.25) is 9.88 Å². The molecule has 0 bridgehead atoms. The highest BCUT2D eigenvalue weighted by molar-refractivity contribution is 6.17. The largest absolute Gasteiger partial charge is 0.507 e. The van der Waals surface area contributed by atoms with Gasteiger partial charge in [-0.15, -0.1) is 0 Å². The van der Waals surface area contributed by atoms with Crippen molar-refractivity contribution < 1.29 is 28.5 Å². The van der Waals surface area contributed by atoms with Crippen molar-refractivity contribution in [2.24, 2.45) is 5.92 Å². The molecule has 0 spiro atoms. The van der Waals surface area contributed by atoms with Crippen molar-refractivity contribution in [3.05, 3.63) is 65.2 Å². The third kappa shape index (κ3) is 4.90. The number of carbonyl (C=O) groups excluding carboxylic acids is 1. The van der Waals surface area contributed by atoms with Crippen LogP contribution in [0.3, 0.4) is 0 Å². The maximum Gasteiger partial charge on any atom is 0.342 e. The average Bonchev–Trinajstić information content (AvgIpc) is 3.31. The zero-order valence-electron chi connectivity index (χ0n) is 23.2. The van der Waals surface area contributed by atoms with Crippen LogP contribution in [0.25, 0.3) is 21.7 Å². The minimum atomic E-state index is -0.505. The first kappa shape index (κ1) is 26.6. The predicted octanol–water partition coefficient (Wildman–Crippen LogP) is 6.16. The molecule has 1 saturated heterocycles. The number of hydrogen-bond donors (Lipinski definition) is 1. The standard InChI is InChI=1S/C32H36N2O6/c1-20-26(32(36)37-2)27-28(29(22-10-12-33-13-11-22)34-14-17-38-18-15-34)30(35)24-9-8-23(19-25(24)31(27)40-20)39-16-4-7-21-5-3-6-21/h8-13,19,21,29,35H,3-7,14-18H2,1-2H3. The lowest BCUT2D eigenvalue weighted by molar-refractivity contribution is 0.0238. The van der Waals surface area contributed by atoms with Crippen LogP contribution in [0.15, 0.2) is 47.1 Å². The summed E-state index contributed by atoms with van der Waals surface area (Å²) in [4.78, 5) is 19.6. The molecule has 2 fully saturated rings. The molecule has 1 aliphatic carbocycles. The van der Waals surface area contributed by atoms with Gasteiger partial charge in [0.2, 0.25) is 0 Å². The highest BCUT2D eigenvalue weighted by Gasteiger charge is 2.34. The van der Waals surface area contributed by atoms with E-state index in [0.717, 1.165) is 17.9 Å². The average molecular weight is 545 g/mol. The number of phenolic OH excluding ortho intramolecular Hbond substituents is 1. The van der Waals surface area contributed by atoms with Gasteiger partial charge in [0.25, 0.3) is 0 Å². The van der Waals surface area contributed by atoms with Crippen LogP contribution in [0.5, 0.6) is 11.5 Å². The second-order valence-corrected chi connectivity index (χ2v) is 10.8. The maximum absolute atomic E-state index is 13.1. The summed E-state index contributed by atoms with van der Waals surface area (Å²) >= 11 is 0. The molecule has 2 aromatic carbocycles. The van der Waals surface area contributed by atoms with Gasteiger partial charge in [-0.1, -0.05) is 19.3 Å². The first-order chi connectivity index (χ1) is 19.6. The molecule has 3 heterocycles. The number of ether oxygens (including phenoxy) is 3. The second kappa shape index (κ2) is 11.5. The molecule has 6 rings (SSSR count). The van der Waals surface area contributed by atoms with Crippen LogP contribution in [0.2, 0.25) is 0 Å². The highest BCUT2D eigenvalue weighted by Crippen LogP contribution is 2.48. The normalized spacial score (nSPS) is 17.1. The van der Waals surface area contributed by atoms with Gasteiger partial charge >= 0.3 is 5.97 Å². The van der Waals surface area contributed by atoms with E-state index in [0.29, 0.717) is 77.3 Å². The van der Waals surface area contributed by atoms with Gasteiger partial charge in [-0.05, 0) is 61.6 Å². The molecule has 2 aromatic heterocycles. The molecular formula is C32H36N2O6. The molecule has 8 nitrogen and oxygen atoms in total. The predicted molar refractivity (Wildman–Crippen MR) is 152 cm³/mol. The SMILES string of the molecule is COC(=O)c1c(C)oc2c1c(C(c1ccncc1)N1CCOCC1)c(O)c1ccc(OCCCC3CCC3)cc12. The number of furan rings is 1. The molecule has 0 radical (unpaired) electrons. The van der Waals surface area contributed by atoms with Crippen molar-refractivity contribution >= 4 is 27.7 Å². The third-order valence-electron chi connectivity index (χ3n) is 8.45. The van der Waals surface area contributed by atoms with Crippen molar-refractivity contribution in [2.75, 3.05) is 40.0 Å². The molecule has 40 heavy (non-hydrogen) atoms. The Kier molecular flexibility index (Phi) is 7.63. The molecule has 1 unspecified atom stereocenters. The first-order valence-electron chi connectivity index (χ1n) is 14.2. The number of hydrogen-bond acceptors (Lipinski definition) is 8. The number of methoxy groups -OCH3 is 1. The Balaban J connectivity index is 1.51. The number of phenols is 1. The van der Waals surface area contributed by atoms with E-state index in [4.69, 9.17) is 18.6 Å². The van der Waals surface area contributed by atoms with Crippen LogP contribution in [0.4, 0.5) is 0 Å². The van der Waals surface area contributed by atoms with Gasteiger partial charge in [-0.25, -0.2) is 4.79 Å². The zero-order valence-corrected chi connectivity index (χ0v) is 23.2. The third-order valence-corrected chi connectivity index (χ3v) is 8.45. The Labute approximate surface area is 233 Å². The molecule has 1 atom stereocenters. The summed E-state index contributed by atoms with van der Waals surface area (Å²) in [7, 11) is 1.36. The lowest BCUT2D eigenvalue weighted by Crippen LogP contribution is -2.39. The van der Waals surface area contributed by atoms with E-state index in [1.807, 2.05) is 30.3 Å². The molecule has 0 amide bonds. The molecule has 1 saturated carbocycles.